The summed E-state index contributed by atoms with van der Waals surface area (Å²) in [6, 6.07) is 100. The molecule has 10 heterocycles. The first-order chi connectivity index (χ1) is 50.0. The number of benzene rings is 8. The zero-order chi connectivity index (χ0) is 67.9. The van der Waals surface area contributed by atoms with Gasteiger partial charge in [0.2, 0.25) is 0 Å². The Balaban J connectivity index is 0.000000147. The van der Waals surface area contributed by atoms with E-state index < -0.39 is 37.8 Å². The van der Waals surface area contributed by atoms with E-state index >= 15 is 0 Å². The average Bonchev–Trinajstić information content (AvgIpc) is 1.63. The van der Waals surface area contributed by atoms with Gasteiger partial charge < -0.3 is 19.9 Å². The molecule has 11 nitrogen and oxygen atoms in total. The van der Waals surface area contributed by atoms with Gasteiger partial charge in [0, 0.05) is 0 Å². The van der Waals surface area contributed by atoms with Gasteiger partial charge >= 0.3 is 46.7 Å². The molecular formula is C88H56Mo2N8O3-4. The van der Waals surface area contributed by atoms with Crippen LogP contribution in [0.25, 0.3) is 182 Å². The first-order valence-corrected chi connectivity index (χ1v) is 36.1. The molecule has 4 aliphatic heterocycles. The van der Waals surface area contributed by atoms with Gasteiger partial charge in [0.15, 0.2) is 0 Å². The van der Waals surface area contributed by atoms with Crippen LogP contribution in [0.4, 0.5) is 0 Å². The molecule has 14 aromatic rings. The normalized spacial score (nSPS) is 11.7. The molecule has 0 N–H and O–H groups in total. The Morgan fingerprint density at radius 2 is 0.317 bits per heavy atom. The fourth-order valence-electron chi connectivity index (χ4n) is 13.4. The number of hydrogen-bond acceptors (Lipinski definition) is 7. The molecule has 0 radical (unpaired) electrons. The van der Waals surface area contributed by atoms with E-state index in [0.29, 0.717) is 0 Å². The molecule has 0 saturated heterocycles. The first-order valence-electron chi connectivity index (χ1n) is 32.8. The van der Waals surface area contributed by atoms with E-state index in [9.17, 15) is 6.80 Å². The van der Waals surface area contributed by atoms with Crippen molar-refractivity contribution in [2.45, 2.75) is 0 Å². The molecule has 101 heavy (non-hydrogen) atoms. The van der Waals surface area contributed by atoms with Crippen LogP contribution >= 0.6 is 0 Å². The van der Waals surface area contributed by atoms with Crippen LogP contribution in [-0.4, -0.2) is 19.9 Å². The Bertz CT molecular complexity index is 4870. The van der Waals surface area contributed by atoms with E-state index in [1.165, 1.54) is 0 Å². The van der Waals surface area contributed by atoms with Gasteiger partial charge in [0.25, 0.3) is 0 Å². The molecule has 13 heteroatoms. The zero-order valence-corrected chi connectivity index (χ0v) is 58.0. The van der Waals surface area contributed by atoms with Crippen LogP contribution in [0.5, 0.6) is 0 Å². The van der Waals surface area contributed by atoms with E-state index in [0.717, 1.165) is 179 Å². The third-order valence-corrected chi connectivity index (χ3v) is 19.7. The van der Waals surface area contributed by atoms with Crippen LogP contribution < -0.4 is 19.9 Å². The van der Waals surface area contributed by atoms with E-state index in [1.54, 1.807) is 0 Å². The van der Waals surface area contributed by atoms with Crippen molar-refractivity contribution in [2.75, 3.05) is 0 Å². The third-order valence-electron chi connectivity index (χ3n) is 17.8. The van der Waals surface area contributed by atoms with Crippen LogP contribution in [0.15, 0.2) is 291 Å². The van der Waals surface area contributed by atoms with Crippen LogP contribution in [0.2, 0.25) is 0 Å². The molecule has 8 aromatic carbocycles. The van der Waals surface area contributed by atoms with Gasteiger partial charge in [-0.3, -0.25) is 0 Å². The van der Waals surface area contributed by atoms with Crippen molar-refractivity contribution in [1.29, 1.82) is 0 Å². The Morgan fingerprint density at radius 1 is 0.188 bits per heavy atom. The molecule has 0 atom stereocenters. The molecule has 4 aliphatic rings. The van der Waals surface area contributed by atoms with Gasteiger partial charge in [-0.25, -0.2) is 19.9 Å². The van der Waals surface area contributed by atoms with E-state index in [1.807, 2.05) is 48.5 Å². The van der Waals surface area contributed by atoms with Crippen LogP contribution in [0, 0.1) is 0 Å². The predicted molar refractivity (Wildman–Crippen MR) is 400 cm³/mol. The summed E-state index contributed by atoms with van der Waals surface area (Å²) in [4.78, 5) is 42.5. The summed E-state index contributed by atoms with van der Waals surface area (Å²) in [5, 5.41) is 0. The Labute approximate surface area is 600 Å². The minimum absolute atomic E-state index is 0.861. The van der Waals surface area contributed by atoms with Crippen molar-refractivity contribution in [1.82, 2.24) is 39.9 Å². The minimum atomic E-state index is -1.53. The molecule has 0 saturated carbocycles. The van der Waals surface area contributed by atoms with Crippen molar-refractivity contribution >= 4 is 92.7 Å². The summed E-state index contributed by atoms with van der Waals surface area (Å²) in [7, 11) is 0. The summed E-state index contributed by atoms with van der Waals surface area (Å²) in [5.74, 6) is 0. The second-order valence-corrected chi connectivity index (χ2v) is 26.8. The van der Waals surface area contributed by atoms with Crippen LogP contribution in [0.1, 0.15) is 45.6 Å². The van der Waals surface area contributed by atoms with Crippen molar-refractivity contribution in [3.8, 4) is 89.0 Å². The Hall–Kier alpha value is -12.1. The van der Waals surface area contributed by atoms with E-state index in [2.05, 4.69) is 293 Å². The molecular weight excluding hydrogens is 1410 g/mol. The first kappa shape index (κ1) is 63.6. The monoisotopic (exact) mass is 1470 g/mol. The standard InChI is InChI=1S/2C44H28N4.2Mo.3O/c2*1-5-13-29(14-6-1)41-33-21-23-35(45-33)42(30-15-7-2-8-16-30)37-25-27-39(47-37)44(32-19-11-4-12-20-32)40-28-26-38(48-40)43(31-17-9-3-10-18-31)36-24-22-34(41)46-36;;;;;/h2*1-28H;;;;;/q2*-2;;;;;. The summed E-state index contributed by atoms with van der Waals surface area (Å²) in [6.45, 7) is 0. The average molecular weight is 1470 g/mol. The molecule has 0 spiro atoms. The summed E-state index contributed by atoms with van der Waals surface area (Å²) < 4.78 is 22.5. The van der Waals surface area contributed by atoms with E-state index in [4.69, 9.17) is 39.9 Å². The molecule has 18 rings (SSSR count). The Kier molecular flexibility index (Phi) is 18.4. The van der Waals surface area contributed by atoms with Crippen molar-refractivity contribution < 1.29 is 46.7 Å². The van der Waals surface area contributed by atoms with Crippen LogP contribution in [-0.2, 0) is 46.7 Å². The summed E-state index contributed by atoms with van der Waals surface area (Å²) >= 11 is -3.06. The van der Waals surface area contributed by atoms with Gasteiger partial charge in [-0.1, -0.05) is 291 Å². The van der Waals surface area contributed by atoms with Gasteiger partial charge in [-0.15, -0.1) is 44.1 Å². The molecule has 0 aliphatic carbocycles. The fraction of sp³-hybridized carbons (Fsp3) is 0. The maximum atomic E-state index is 9.27. The predicted octanol–water partition coefficient (Wildman–Crippen LogP) is 20.9. The maximum absolute atomic E-state index is 9.27. The summed E-state index contributed by atoms with van der Waals surface area (Å²) in [5.41, 5.74) is 30.0. The van der Waals surface area contributed by atoms with E-state index in [-0.39, 0.29) is 0 Å². The third kappa shape index (κ3) is 13.2. The molecule has 0 unspecified atom stereocenters. The zero-order valence-electron chi connectivity index (χ0n) is 54.0. The quantitative estimate of drug-likeness (QED) is 0.120. The number of hydrogen-bond donors (Lipinski definition) is 0. The molecule has 482 valence electrons. The van der Waals surface area contributed by atoms with Gasteiger partial charge in [0.05, 0.1) is 45.6 Å². The van der Waals surface area contributed by atoms with Gasteiger partial charge in [0.1, 0.15) is 0 Å². The second-order valence-electron chi connectivity index (χ2n) is 23.9. The number of aromatic nitrogens is 8. The van der Waals surface area contributed by atoms with Gasteiger partial charge in [-0.05, 0) is 138 Å². The van der Waals surface area contributed by atoms with Crippen molar-refractivity contribution in [3.63, 3.8) is 0 Å². The van der Waals surface area contributed by atoms with Gasteiger partial charge in [-0.2, -0.15) is 0 Å². The van der Waals surface area contributed by atoms with Crippen LogP contribution in [0.3, 0.4) is 0 Å². The number of fused-ring (bicyclic) bond motifs is 16. The topological polar surface area (TPSA) is 151 Å². The van der Waals surface area contributed by atoms with Crippen molar-refractivity contribution in [3.05, 3.63) is 337 Å². The second kappa shape index (κ2) is 29.1. The SMILES string of the molecule is C1=Cc2nc1c(-c1ccccc1)c1ccc([n-]1)c(-c1ccccc1)c1nc(c(-c3ccccc3)c3ccc([n-]3)c2-c2ccccc2)C=C1.C1=Cc2nc1c(-c1ccccc1)c1ccc([n-]1)c(-c1ccccc1)c1nc(c(-c3ccccc3)c3ccc([n-]3)c2-c2ccccc2)C=C1.[O]=[Mo][O][Mo]=[O]. The molecule has 16 bridgehead atoms. The summed E-state index contributed by atoms with van der Waals surface area (Å²) in [6.07, 6.45) is 16.8. The Morgan fingerprint density at radius 3 is 0.426 bits per heavy atom. The number of nitrogens with zero attached hydrogens (tertiary/aromatic N) is 8. The molecule has 6 aromatic heterocycles. The molecule has 0 amide bonds. The fourth-order valence-corrected chi connectivity index (χ4v) is 13.8. The molecule has 0 fully saturated rings. The van der Waals surface area contributed by atoms with Crippen molar-refractivity contribution in [2.24, 2.45) is 0 Å². The number of rotatable bonds is 10.